The van der Waals surface area contributed by atoms with Crippen LogP contribution in [0.4, 0.5) is 0 Å². The van der Waals surface area contributed by atoms with Crippen molar-refractivity contribution in [3.8, 4) is 0 Å². The summed E-state index contributed by atoms with van der Waals surface area (Å²) in [5.41, 5.74) is 6.10. The average Bonchev–Trinajstić information content (AvgIpc) is 2.57. The van der Waals surface area contributed by atoms with Crippen molar-refractivity contribution >= 4 is 17.0 Å². The van der Waals surface area contributed by atoms with Gasteiger partial charge in [-0.2, -0.15) is 0 Å². The molecule has 2 N–H and O–H groups in total. The fourth-order valence-corrected chi connectivity index (χ4v) is 2.76. The van der Waals surface area contributed by atoms with Gasteiger partial charge in [0.25, 0.3) is 0 Å². The summed E-state index contributed by atoms with van der Waals surface area (Å²) in [7, 11) is -3.76. The van der Waals surface area contributed by atoms with Crippen molar-refractivity contribution in [2.24, 2.45) is 5.73 Å². The van der Waals surface area contributed by atoms with Gasteiger partial charge in [0.2, 0.25) is 0 Å². The zero-order valence-corrected chi connectivity index (χ0v) is 13.9. The molecule has 1 aromatic carbocycles. The summed E-state index contributed by atoms with van der Waals surface area (Å²) in [6.45, 7) is 7.86. The van der Waals surface area contributed by atoms with E-state index in [2.05, 4.69) is 0 Å². The van der Waals surface area contributed by atoms with Crippen LogP contribution in [0.3, 0.4) is 0 Å². The monoisotopic (exact) mass is 311 g/mol. The summed E-state index contributed by atoms with van der Waals surface area (Å²) in [4.78, 5) is 0.271. The summed E-state index contributed by atoms with van der Waals surface area (Å²) in [5, 5.41) is 0. The van der Waals surface area contributed by atoms with Crippen LogP contribution in [0.25, 0.3) is 0 Å². The Hall–Kier alpha value is -0.885. The van der Waals surface area contributed by atoms with E-state index in [0.717, 1.165) is 5.56 Å². The summed E-state index contributed by atoms with van der Waals surface area (Å²) < 4.78 is 34.7. The smallest absolute Gasteiger partial charge is 0.402 e. The lowest BCUT2D eigenvalue weighted by Gasteiger charge is -2.32. The fraction of sp³-hybridized carbons (Fsp3) is 0.571. The van der Waals surface area contributed by atoms with Crippen LogP contribution >= 0.6 is 0 Å². The number of rotatable bonds is 3. The summed E-state index contributed by atoms with van der Waals surface area (Å²) >= 11 is 0. The second-order valence-electron chi connectivity index (χ2n) is 6.49. The van der Waals surface area contributed by atoms with Crippen molar-refractivity contribution in [2.75, 3.05) is 6.26 Å². The van der Waals surface area contributed by atoms with E-state index < -0.39 is 34.1 Å². The Morgan fingerprint density at radius 2 is 1.48 bits per heavy atom. The molecule has 0 aliphatic carbocycles. The first-order valence-corrected chi connectivity index (χ1v) is 8.74. The van der Waals surface area contributed by atoms with Gasteiger partial charge >= 0.3 is 7.12 Å². The average molecular weight is 311 g/mol. The maximum Gasteiger partial charge on any atom is 0.480 e. The van der Waals surface area contributed by atoms with Gasteiger partial charge in [0.05, 0.1) is 22.0 Å². The first kappa shape index (κ1) is 16.5. The van der Waals surface area contributed by atoms with Crippen LogP contribution in [0.5, 0.6) is 0 Å². The number of hydrogen-bond acceptors (Lipinski definition) is 5. The van der Waals surface area contributed by atoms with Crippen LogP contribution in [0.2, 0.25) is 0 Å². The number of benzene rings is 1. The van der Waals surface area contributed by atoms with Gasteiger partial charge < -0.3 is 15.0 Å². The predicted molar refractivity (Wildman–Crippen MR) is 82.6 cm³/mol. The van der Waals surface area contributed by atoms with E-state index >= 15 is 0 Å². The van der Waals surface area contributed by atoms with Gasteiger partial charge in [-0.3, -0.25) is 0 Å². The summed E-state index contributed by atoms with van der Waals surface area (Å²) in [6.07, 6.45) is 1.18. The topological polar surface area (TPSA) is 78.6 Å². The van der Waals surface area contributed by atoms with Crippen molar-refractivity contribution in [1.82, 2.24) is 0 Å². The van der Waals surface area contributed by atoms with Gasteiger partial charge in [-0.15, -0.1) is 0 Å². The minimum atomic E-state index is -3.20. The number of hydrogen-bond donors (Lipinski definition) is 1. The maximum atomic E-state index is 11.5. The molecule has 5 nitrogen and oxygen atoms in total. The molecule has 1 aliphatic rings. The molecule has 0 amide bonds. The van der Waals surface area contributed by atoms with Crippen LogP contribution in [-0.4, -0.2) is 33.0 Å². The Bertz CT molecular complexity index is 609. The standard InChI is InChI=1S/C14H22BNO4S/c1-13(2)14(3,4)20-15(19-13)12(16)10-6-8-11(9-7-10)21(5,17)18/h6-9,12H,16H2,1-5H3/t12-/m0/s1. The highest BCUT2D eigenvalue weighted by molar-refractivity contribution is 7.90. The Labute approximate surface area is 126 Å². The molecule has 0 unspecified atom stereocenters. The van der Waals surface area contributed by atoms with Crippen molar-refractivity contribution in [2.45, 2.75) is 49.7 Å². The SMILES string of the molecule is CC1(C)OB([C@@H](N)c2ccc(S(C)(=O)=O)cc2)OC1(C)C. The van der Waals surface area contributed by atoms with Crippen molar-refractivity contribution in [3.63, 3.8) is 0 Å². The third-order valence-corrected chi connectivity index (χ3v) is 5.39. The van der Waals surface area contributed by atoms with Crippen LogP contribution in [0.1, 0.15) is 39.2 Å². The van der Waals surface area contributed by atoms with Gasteiger partial charge in [-0.05, 0) is 45.4 Å². The number of nitrogens with two attached hydrogens (primary N) is 1. The minimum absolute atomic E-state index is 0.271. The molecule has 1 atom stereocenters. The molecule has 0 spiro atoms. The Balaban J connectivity index is 2.20. The molecule has 2 rings (SSSR count). The van der Waals surface area contributed by atoms with E-state index in [1.54, 1.807) is 24.3 Å². The predicted octanol–water partition coefficient (Wildman–Crippen LogP) is 1.72. The van der Waals surface area contributed by atoms with E-state index in [-0.39, 0.29) is 4.90 Å². The number of sulfone groups is 1. The zero-order chi connectivity index (χ0) is 16.1. The van der Waals surface area contributed by atoms with Gasteiger partial charge in [0, 0.05) is 6.26 Å². The zero-order valence-electron chi connectivity index (χ0n) is 13.1. The third kappa shape index (κ3) is 3.16. The van der Waals surface area contributed by atoms with Crippen LogP contribution in [0, 0.1) is 0 Å². The molecule has 0 bridgehead atoms. The Morgan fingerprint density at radius 1 is 1.05 bits per heavy atom. The Morgan fingerprint density at radius 3 is 1.86 bits per heavy atom. The third-order valence-electron chi connectivity index (χ3n) is 4.26. The van der Waals surface area contributed by atoms with Gasteiger partial charge in [0.1, 0.15) is 0 Å². The molecule has 1 aliphatic heterocycles. The first-order valence-electron chi connectivity index (χ1n) is 6.85. The molecule has 1 saturated heterocycles. The van der Waals surface area contributed by atoms with Crippen LogP contribution in [-0.2, 0) is 19.1 Å². The molecule has 21 heavy (non-hydrogen) atoms. The van der Waals surface area contributed by atoms with E-state index in [9.17, 15) is 8.42 Å². The van der Waals surface area contributed by atoms with Gasteiger partial charge in [-0.1, -0.05) is 12.1 Å². The minimum Gasteiger partial charge on any atom is -0.402 e. The van der Waals surface area contributed by atoms with Crippen molar-refractivity contribution in [3.05, 3.63) is 29.8 Å². The molecular formula is C14H22BNO4S. The van der Waals surface area contributed by atoms with E-state index in [4.69, 9.17) is 15.0 Å². The molecule has 0 saturated carbocycles. The molecule has 1 heterocycles. The van der Waals surface area contributed by atoms with E-state index in [1.807, 2.05) is 27.7 Å². The largest absolute Gasteiger partial charge is 0.480 e. The summed E-state index contributed by atoms with van der Waals surface area (Å²) in [5.74, 6) is -0.473. The maximum absolute atomic E-state index is 11.5. The lowest BCUT2D eigenvalue weighted by molar-refractivity contribution is 0.00578. The first-order chi connectivity index (χ1) is 9.44. The highest BCUT2D eigenvalue weighted by Crippen LogP contribution is 2.39. The van der Waals surface area contributed by atoms with Gasteiger partial charge in [-0.25, -0.2) is 8.42 Å². The highest BCUT2D eigenvalue weighted by atomic mass is 32.2. The molecule has 1 aromatic rings. The molecule has 1 fully saturated rings. The quantitative estimate of drug-likeness (QED) is 0.860. The van der Waals surface area contributed by atoms with Gasteiger partial charge in [0.15, 0.2) is 9.84 Å². The molecule has 0 radical (unpaired) electrons. The van der Waals surface area contributed by atoms with Crippen molar-refractivity contribution in [1.29, 1.82) is 0 Å². The fourth-order valence-electron chi connectivity index (χ4n) is 2.13. The lowest BCUT2D eigenvalue weighted by atomic mass is 9.75. The second-order valence-corrected chi connectivity index (χ2v) is 8.51. The van der Waals surface area contributed by atoms with E-state index in [0.29, 0.717) is 0 Å². The lowest BCUT2D eigenvalue weighted by Crippen LogP contribution is -2.41. The second kappa shape index (κ2) is 5.09. The van der Waals surface area contributed by atoms with Crippen LogP contribution in [0.15, 0.2) is 29.2 Å². The van der Waals surface area contributed by atoms with Crippen molar-refractivity contribution < 1.29 is 17.7 Å². The highest BCUT2D eigenvalue weighted by Gasteiger charge is 2.53. The van der Waals surface area contributed by atoms with E-state index in [1.165, 1.54) is 6.26 Å². The normalized spacial score (nSPS) is 22.3. The molecule has 116 valence electrons. The Kier molecular flexibility index (Phi) is 3.99. The van der Waals surface area contributed by atoms with Crippen LogP contribution < -0.4 is 5.73 Å². The molecule has 7 heteroatoms. The summed E-state index contributed by atoms with van der Waals surface area (Å²) in [6, 6.07) is 6.50. The molecular weight excluding hydrogens is 289 g/mol. The molecule has 0 aromatic heterocycles.